The van der Waals surface area contributed by atoms with Gasteiger partial charge in [-0.05, 0) is 44.6 Å². The van der Waals surface area contributed by atoms with Gasteiger partial charge in [0.05, 0.1) is 5.92 Å². The van der Waals surface area contributed by atoms with Crippen molar-refractivity contribution in [2.45, 2.75) is 57.2 Å². The second-order valence-electron chi connectivity index (χ2n) is 6.89. The van der Waals surface area contributed by atoms with Crippen LogP contribution in [-0.2, 0) is 0 Å². The molecule has 1 aliphatic heterocycles. The van der Waals surface area contributed by atoms with Crippen LogP contribution in [0.15, 0.2) is 18.3 Å². The summed E-state index contributed by atoms with van der Waals surface area (Å²) in [5.74, 6) is -1.45. The van der Waals surface area contributed by atoms with Gasteiger partial charge < -0.3 is 9.64 Å². The molecule has 0 bridgehead atoms. The number of piperidine rings is 1. The number of amides is 1. The summed E-state index contributed by atoms with van der Waals surface area (Å²) in [4.78, 5) is 18.0. The van der Waals surface area contributed by atoms with Crippen LogP contribution in [-0.4, -0.2) is 41.2 Å². The zero-order chi connectivity index (χ0) is 17.9. The maximum Gasteiger partial charge on any atom is 0.393 e. The number of carbonyl (C=O) groups is 1. The van der Waals surface area contributed by atoms with Crippen LogP contribution in [0.25, 0.3) is 0 Å². The molecule has 2 heterocycles. The molecule has 1 aromatic heterocycles. The van der Waals surface area contributed by atoms with E-state index in [1.54, 1.807) is 6.07 Å². The number of aromatic nitrogens is 1. The van der Waals surface area contributed by atoms with E-state index in [0.717, 1.165) is 25.7 Å². The molecule has 25 heavy (non-hydrogen) atoms. The normalized spacial score (nSPS) is 22.7. The Bertz CT molecular complexity index is 600. The van der Waals surface area contributed by atoms with Crippen LogP contribution in [0.2, 0.25) is 0 Å². The lowest BCUT2D eigenvalue weighted by molar-refractivity contribution is -0.184. The molecule has 1 saturated heterocycles. The summed E-state index contributed by atoms with van der Waals surface area (Å²) < 4.78 is 44.7. The number of alkyl halides is 3. The summed E-state index contributed by atoms with van der Waals surface area (Å²) in [6.45, 7) is 0.0794. The van der Waals surface area contributed by atoms with Crippen molar-refractivity contribution in [1.29, 1.82) is 0 Å². The summed E-state index contributed by atoms with van der Waals surface area (Å²) in [7, 11) is 0. The fourth-order valence-electron chi connectivity index (χ4n) is 3.57. The van der Waals surface area contributed by atoms with E-state index >= 15 is 0 Å². The van der Waals surface area contributed by atoms with E-state index in [4.69, 9.17) is 4.74 Å². The van der Waals surface area contributed by atoms with E-state index in [1.807, 2.05) is 0 Å². The predicted molar refractivity (Wildman–Crippen MR) is 86.4 cm³/mol. The van der Waals surface area contributed by atoms with Crippen molar-refractivity contribution >= 4 is 5.91 Å². The van der Waals surface area contributed by atoms with Crippen LogP contribution in [0.5, 0.6) is 5.88 Å². The standard InChI is InChI=1S/C18H23F3N2O2/c19-18(20,21)14-5-4-10-23(12-14)17(24)13-8-9-22-16(11-13)25-15-6-2-1-3-7-15/h8-9,11,14-15H,1-7,10,12H2. The van der Waals surface area contributed by atoms with Gasteiger partial charge in [0.25, 0.3) is 5.91 Å². The highest BCUT2D eigenvalue weighted by atomic mass is 19.4. The SMILES string of the molecule is O=C(c1ccnc(OC2CCCCC2)c1)N1CCCC(C(F)(F)F)C1. The largest absolute Gasteiger partial charge is 0.474 e. The quantitative estimate of drug-likeness (QED) is 0.815. The van der Waals surface area contributed by atoms with E-state index in [0.29, 0.717) is 24.4 Å². The molecule has 7 heteroatoms. The van der Waals surface area contributed by atoms with Crippen molar-refractivity contribution in [1.82, 2.24) is 9.88 Å². The van der Waals surface area contributed by atoms with Crippen LogP contribution in [0.1, 0.15) is 55.3 Å². The van der Waals surface area contributed by atoms with Crippen LogP contribution in [0, 0.1) is 5.92 Å². The summed E-state index contributed by atoms with van der Waals surface area (Å²) >= 11 is 0. The van der Waals surface area contributed by atoms with Gasteiger partial charge in [-0.2, -0.15) is 13.2 Å². The van der Waals surface area contributed by atoms with E-state index in [1.165, 1.54) is 23.6 Å². The molecule has 1 aromatic rings. The molecule has 0 N–H and O–H groups in total. The fraction of sp³-hybridized carbons (Fsp3) is 0.667. The zero-order valence-corrected chi connectivity index (χ0v) is 14.1. The molecule has 1 aliphatic carbocycles. The minimum Gasteiger partial charge on any atom is -0.474 e. The van der Waals surface area contributed by atoms with Crippen molar-refractivity contribution in [3.05, 3.63) is 23.9 Å². The Morgan fingerprint density at radius 3 is 2.64 bits per heavy atom. The minimum absolute atomic E-state index is 0.0830. The monoisotopic (exact) mass is 356 g/mol. The van der Waals surface area contributed by atoms with Gasteiger partial charge in [0.15, 0.2) is 0 Å². The molecule has 138 valence electrons. The molecule has 0 radical (unpaired) electrons. The number of carbonyl (C=O) groups excluding carboxylic acids is 1. The van der Waals surface area contributed by atoms with Gasteiger partial charge in [-0.1, -0.05) is 6.42 Å². The molecule has 1 atom stereocenters. The van der Waals surface area contributed by atoms with Crippen molar-refractivity contribution < 1.29 is 22.7 Å². The van der Waals surface area contributed by atoms with Gasteiger partial charge >= 0.3 is 6.18 Å². The summed E-state index contributed by atoms with van der Waals surface area (Å²) in [5.41, 5.74) is 0.337. The lowest BCUT2D eigenvalue weighted by Gasteiger charge is -2.33. The number of hydrogen-bond donors (Lipinski definition) is 0. The molecule has 2 aliphatic rings. The molecule has 0 spiro atoms. The van der Waals surface area contributed by atoms with Crippen molar-refractivity contribution in [3.63, 3.8) is 0 Å². The number of pyridine rings is 1. The van der Waals surface area contributed by atoms with E-state index < -0.39 is 12.1 Å². The summed E-state index contributed by atoms with van der Waals surface area (Å²) in [6.07, 6.45) is 3.18. The molecule has 1 amide bonds. The Morgan fingerprint density at radius 2 is 1.92 bits per heavy atom. The topological polar surface area (TPSA) is 42.4 Å². The maximum absolute atomic E-state index is 12.9. The number of nitrogens with zero attached hydrogens (tertiary/aromatic N) is 2. The average molecular weight is 356 g/mol. The number of halogens is 3. The van der Waals surface area contributed by atoms with Crippen LogP contribution >= 0.6 is 0 Å². The highest BCUT2D eigenvalue weighted by Crippen LogP contribution is 2.33. The summed E-state index contributed by atoms with van der Waals surface area (Å²) in [5, 5.41) is 0. The molecule has 0 aromatic carbocycles. The Balaban J connectivity index is 1.66. The van der Waals surface area contributed by atoms with Crippen LogP contribution in [0.3, 0.4) is 0 Å². The van der Waals surface area contributed by atoms with Crippen molar-refractivity contribution in [3.8, 4) is 5.88 Å². The third-order valence-corrected chi connectivity index (χ3v) is 4.99. The van der Waals surface area contributed by atoms with Crippen molar-refractivity contribution in [2.75, 3.05) is 13.1 Å². The third-order valence-electron chi connectivity index (χ3n) is 4.99. The number of ether oxygens (including phenoxy) is 1. The summed E-state index contributed by atoms with van der Waals surface area (Å²) in [6, 6.07) is 3.08. The van der Waals surface area contributed by atoms with Gasteiger partial charge in [-0.15, -0.1) is 0 Å². The third kappa shape index (κ3) is 4.64. The van der Waals surface area contributed by atoms with E-state index in [-0.39, 0.29) is 25.0 Å². The van der Waals surface area contributed by atoms with Crippen LogP contribution < -0.4 is 4.74 Å². The fourth-order valence-corrected chi connectivity index (χ4v) is 3.57. The first-order valence-corrected chi connectivity index (χ1v) is 8.92. The van der Waals surface area contributed by atoms with Crippen LogP contribution in [0.4, 0.5) is 13.2 Å². The lowest BCUT2D eigenvalue weighted by Crippen LogP contribution is -2.44. The first kappa shape index (κ1) is 18.0. The molecule has 1 unspecified atom stereocenters. The number of rotatable bonds is 3. The highest BCUT2D eigenvalue weighted by Gasteiger charge is 2.42. The van der Waals surface area contributed by atoms with Crippen molar-refractivity contribution in [2.24, 2.45) is 5.92 Å². The molecule has 2 fully saturated rings. The molecule has 4 nitrogen and oxygen atoms in total. The first-order valence-electron chi connectivity index (χ1n) is 8.92. The Kier molecular flexibility index (Phi) is 5.49. The average Bonchev–Trinajstić information content (AvgIpc) is 2.61. The lowest BCUT2D eigenvalue weighted by atomic mass is 9.97. The predicted octanol–water partition coefficient (Wildman–Crippen LogP) is 4.21. The minimum atomic E-state index is -4.26. The maximum atomic E-state index is 12.9. The Labute approximate surface area is 145 Å². The smallest absolute Gasteiger partial charge is 0.393 e. The molecule has 1 saturated carbocycles. The number of hydrogen-bond acceptors (Lipinski definition) is 3. The van der Waals surface area contributed by atoms with E-state index in [9.17, 15) is 18.0 Å². The Hall–Kier alpha value is -1.79. The second-order valence-corrected chi connectivity index (χ2v) is 6.89. The first-order chi connectivity index (χ1) is 11.9. The second kappa shape index (κ2) is 7.62. The van der Waals surface area contributed by atoms with Gasteiger partial charge in [-0.25, -0.2) is 4.98 Å². The number of likely N-dealkylation sites (tertiary alicyclic amines) is 1. The zero-order valence-electron chi connectivity index (χ0n) is 14.1. The molecular weight excluding hydrogens is 333 g/mol. The highest BCUT2D eigenvalue weighted by molar-refractivity contribution is 5.94. The van der Waals surface area contributed by atoms with Gasteiger partial charge in [-0.3, -0.25) is 4.79 Å². The van der Waals surface area contributed by atoms with E-state index in [2.05, 4.69) is 4.98 Å². The molecular formula is C18H23F3N2O2. The van der Waals surface area contributed by atoms with Gasteiger partial charge in [0.2, 0.25) is 5.88 Å². The van der Waals surface area contributed by atoms with Gasteiger partial charge in [0.1, 0.15) is 6.10 Å². The molecule has 3 rings (SSSR count). The Morgan fingerprint density at radius 1 is 1.16 bits per heavy atom. The van der Waals surface area contributed by atoms with Gasteiger partial charge in [0, 0.05) is 30.9 Å².